The van der Waals surface area contributed by atoms with Gasteiger partial charge in [-0.15, -0.1) is 0 Å². The molecule has 0 unspecified atom stereocenters. The van der Waals surface area contributed by atoms with Crippen molar-refractivity contribution in [1.82, 2.24) is 14.8 Å². The predicted molar refractivity (Wildman–Crippen MR) is 103 cm³/mol. The van der Waals surface area contributed by atoms with Gasteiger partial charge in [0, 0.05) is 69.3 Å². The first kappa shape index (κ1) is 17.7. The van der Waals surface area contributed by atoms with Crippen LogP contribution >= 0.6 is 0 Å². The maximum absolute atomic E-state index is 12.8. The number of hydrogen-bond donors (Lipinski definition) is 0. The molecule has 2 amide bonds. The van der Waals surface area contributed by atoms with Crippen molar-refractivity contribution in [3.63, 3.8) is 0 Å². The second-order valence-corrected chi connectivity index (χ2v) is 7.12. The van der Waals surface area contributed by atoms with Crippen LogP contribution in [0.2, 0.25) is 0 Å². The molecule has 0 bridgehead atoms. The van der Waals surface area contributed by atoms with E-state index >= 15 is 0 Å². The molecule has 2 fully saturated rings. The third kappa shape index (κ3) is 4.01. The molecule has 0 spiro atoms. The molecule has 0 N–H and O–H groups in total. The van der Waals surface area contributed by atoms with E-state index in [1.807, 2.05) is 53.7 Å². The van der Waals surface area contributed by atoms with Gasteiger partial charge < -0.3 is 9.80 Å². The molecule has 0 radical (unpaired) electrons. The van der Waals surface area contributed by atoms with Crippen LogP contribution in [0.4, 0.5) is 5.69 Å². The number of nitrogens with zero attached hydrogens (tertiary/aromatic N) is 4. The molecule has 6 nitrogen and oxygen atoms in total. The fraction of sp³-hybridized carbons (Fsp3) is 0.381. The summed E-state index contributed by atoms with van der Waals surface area (Å²) in [6, 6.07) is 11.5. The second-order valence-electron chi connectivity index (χ2n) is 7.12. The Morgan fingerprint density at radius 3 is 2.26 bits per heavy atom. The zero-order chi connectivity index (χ0) is 18.6. The van der Waals surface area contributed by atoms with Gasteiger partial charge in [-0.1, -0.05) is 0 Å². The van der Waals surface area contributed by atoms with E-state index in [4.69, 9.17) is 0 Å². The van der Waals surface area contributed by atoms with E-state index in [0.29, 0.717) is 12.0 Å². The van der Waals surface area contributed by atoms with Crippen LogP contribution in [-0.2, 0) is 11.3 Å². The smallest absolute Gasteiger partial charge is 0.253 e. The van der Waals surface area contributed by atoms with E-state index in [1.165, 1.54) is 5.56 Å². The summed E-state index contributed by atoms with van der Waals surface area (Å²) in [6.45, 7) is 4.87. The lowest BCUT2D eigenvalue weighted by atomic mass is 10.1. The number of hydrogen-bond acceptors (Lipinski definition) is 4. The lowest BCUT2D eigenvalue weighted by molar-refractivity contribution is -0.117. The highest BCUT2D eigenvalue weighted by Crippen LogP contribution is 2.22. The molecule has 2 aromatic rings. The largest absolute Gasteiger partial charge is 0.336 e. The highest BCUT2D eigenvalue weighted by molar-refractivity contribution is 5.97. The molecule has 140 valence electrons. The number of carbonyl (C=O) groups excluding carboxylic acids is 2. The average Bonchev–Trinajstić information content (AvgIpc) is 3.15. The van der Waals surface area contributed by atoms with Crippen molar-refractivity contribution in [3.05, 3.63) is 59.9 Å². The molecule has 2 aliphatic heterocycles. The van der Waals surface area contributed by atoms with E-state index in [-0.39, 0.29) is 11.8 Å². The highest BCUT2D eigenvalue weighted by Gasteiger charge is 2.24. The summed E-state index contributed by atoms with van der Waals surface area (Å²) in [6.07, 6.45) is 5.15. The fourth-order valence-electron chi connectivity index (χ4n) is 3.74. The summed E-state index contributed by atoms with van der Waals surface area (Å²) >= 11 is 0. The molecule has 4 rings (SSSR count). The monoisotopic (exact) mass is 364 g/mol. The summed E-state index contributed by atoms with van der Waals surface area (Å²) in [4.78, 5) is 34.8. The average molecular weight is 364 g/mol. The fourth-order valence-corrected chi connectivity index (χ4v) is 3.74. The third-order valence-electron chi connectivity index (χ3n) is 5.31. The minimum atomic E-state index is 0.0675. The van der Waals surface area contributed by atoms with Crippen LogP contribution in [0.1, 0.15) is 28.8 Å². The number of rotatable bonds is 4. The summed E-state index contributed by atoms with van der Waals surface area (Å²) in [5.41, 5.74) is 2.82. The summed E-state index contributed by atoms with van der Waals surface area (Å²) in [7, 11) is 0. The summed E-state index contributed by atoms with van der Waals surface area (Å²) in [5.74, 6) is 0.234. The molecule has 2 saturated heterocycles. The Balaban J connectivity index is 1.33. The van der Waals surface area contributed by atoms with Crippen LogP contribution in [0, 0.1) is 0 Å². The van der Waals surface area contributed by atoms with Gasteiger partial charge in [-0.2, -0.15) is 0 Å². The van der Waals surface area contributed by atoms with E-state index in [9.17, 15) is 9.59 Å². The van der Waals surface area contributed by atoms with E-state index in [1.54, 1.807) is 4.90 Å². The first-order valence-electron chi connectivity index (χ1n) is 9.52. The normalized spacial score (nSPS) is 18.1. The Bertz CT molecular complexity index is 799. The van der Waals surface area contributed by atoms with E-state index in [2.05, 4.69) is 9.88 Å². The Hall–Kier alpha value is -2.73. The van der Waals surface area contributed by atoms with Crippen LogP contribution < -0.4 is 4.90 Å². The lowest BCUT2D eigenvalue weighted by Gasteiger charge is -2.34. The van der Waals surface area contributed by atoms with Crippen LogP contribution in [0.5, 0.6) is 0 Å². The first-order chi connectivity index (χ1) is 13.2. The maximum Gasteiger partial charge on any atom is 0.253 e. The van der Waals surface area contributed by atoms with Gasteiger partial charge in [0.05, 0.1) is 0 Å². The molecule has 6 heteroatoms. The molecule has 1 aromatic carbocycles. The predicted octanol–water partition coefficient (Wildman–Crippen LogP) is 2.17. The van der Waals surface area contributed by atoms with E-state index < -0.39 is 0 Å². The van der Waals surface area contributed by atoms with Crippen LogP contribution in [0.15, 0.2) is 48.8 Å². The van der Waals surface area contributed by atoms with Gasteiger partial charge >= 0.3 is 0 Å². The van der Waals surface area contributed by atoms with Gasteiger partial charge in [0.25, 0.3) is 5.91 Å². The maximum atomic E-state index is 12.8. The van der Waals surface area contributed by atoms with Crippen molar-refractivity contribution < 1.29 is 9.59 Å². The SMILES string of the molecule is O=C(c1ccc(N2CCCC2=O)cc1)N1CCN(Cc2ccncc2)CC1. The zero-order valence-electron chi connectivity index (χ0n) is 15.4. The Kier molecular flexibility index (Phi) is 5.16. The van der Waals surface area contributed by atoms with Crippen molar-refractivity contribution in [1.29, 1.82) is 0 Å². The van der Waals surface area contributed by atoms with Crippen LogP contribution in [0.3, 0.4) is 0 Å². The lowest BCUT2D eigenvalue weighted by Crippen LogP contribution is -2.48. The minimum Gasteiger partial charge on any atom is -0.336 e. The second kappa shape index (κ2) is 7.88. The van der Waals surface area contributed by atoms with Gasteiger partial charge in [0.15, 0.2) is 0 Å². The van der Waals surface area contributed by atoms with Crippen LogP contribution in [-0.4, -0.2) is 59.3 Å². The Labute approximate surface area is 159 Å². The molecule has 0 saturated carbocycles. The number of pyridine rings is 1. The molecule has 1 aromatic heterocycles. The molecule has 3 heterocycles. The molecule has 2 aliphatic rings. The van der Waals surface area contributed by atoms with E-state index in [0.717, 1.165) is 51.4 Å². The number of carbonyl (C=O) groups is 2. The third-order valence-corrected chi connectivity index (χ3v) is 5.31. The Morgan fingerprint density at radius 2 is 1.63 bits per heavy atom. The molecule has 27 heavy (non-hydrogen) atoms. The van der Waals surface area contributed by atoms with Crippen molar-refractivity contribution in [3.8, 4) is 0 Å². The number of aromatic nitrogens is 1. The molecular weight excluding hydrogens is 340 g/mol. The van der Waals surface area contributed by atoms with Crippen molar-refractivity contribution in [2.24, 2.45) is 0 Å². The van der Waals surface area contributed by atoms with Gasteiger partial charge in [0.2, 0.25) is 5.91 Å². The topological polar surface area (TPSA) is 56.8 Å². The molecule has 0 atom stereocenters. The molecular formula is C21H24N4O2. The van der Waals surface area contributed by atoms with Crippen LogP contribution in [0.25, 0.3) is 0 Å². The number of piperazine rings is 1. The minimum absolute atomic E-state index is 0.0675. The quantitative estimate of drug-likeness (QED) is 0.834. The standard InChI is InChI=1S/C21H24N4O2/c26-20-2-1-11-25(20)19-5-3-18(4-6-19)21(27)24-14-12-23(13-15-24)16-17-7-9-22-10-8-17/h3-10H,1-2,11-16H2. The molecule has 0 aliphatic carbocycles. The zero-order valence-corrected chi connectivity index (χ0v) is 15.4. The Morgan fingerprint density at radius 1 is 0.926 bits per heavy atom. The van der Waals surface area contributed by atoms with Crippen molar-refractivity contribution >= 4 is 17.5 Å². The summed E-state index contributed by atoms with van der Waals surface area (Å²) in [5, 5.41) is 0. The van der Waals surface area contributed by atoms with Gasteiger partial charge in [-0.05, 0) is 48.4 Å². The number of amides is 2. The van der Waals surface area contributed by atoms with Gasteiger partial charge in [0.1, 0.15) is 0 Å². The highest BCUT2D eigenvalue weighted by atomic mass is 16.2. The van der Waals surface area contributed by atoms with Crippen molar-refractivity contribution in [2.75, 3.05) is 37.6 Å². The number of anilines is 1. The van der Waals surface area contributed by atoms with Gasteiger partial charge in [-0.3, -0.25) is 19.5 Å². The van der Waals surface area contributed by atoms with Gasteiger partial charge in [-0.25, -0.2) is 0 Å². The summed E-state index contributed by atoms with van der Waals surface area (Å²) < 4.78 is 0. The first-order valence-corrected chi connectivity index (χ1v) is 9.52. The number of benzene rings is 1. The van der Waals surface area contributed by atoms with Crippen molar-refractivity contribution in [2.45, 2.75) is 19.4 Å².